The maximum absolute atomic E-state index is 5.36. The van der Waals surface area contributed by atoms with E-state index in [4.69, 9.17) is 4.74 Å². The van der Waals surface area contributed by atoms with E-state index >= 15 is 0 Å². The summed E-state index contributed by atoms with van der Waals surface area (Å²) >= 11 is 3.38. The van der Waals surface area contributed by atoms with Crippen LogP contribution in [0.4, 0.5) is 0 Å². The molecule has 8 heavy (non-hydrogen) atoms. The zero-order valence-corrected chi connectivity index (χ0v) is 6.49. The maximum Gasteiger partial charge on any atom is 0.0584 e. The lowest BCUT2D eigenvalue weighted by Gasteiger charge is -2.03. The van der Waals surface area contributed by atoms with Crippen LogP contribution in [-0.2, 0) is 4.74 Å². The largest absolute Gasteiger partial charge is 0.378 e. The highest BCUT2D eigenvalue weighted by Crippen LogP contribution is 2.15. The summed E-state index contributed by atoms with van der Waals surface area (Å²) in [6, 6.07) is 0. The number of hydrogen-bond acceptors (Lipinski definition) is 1. The molecule has 0 bridgehead atoms. The van der Waals surface area contributed by atoms with Crippen LogP contribution in [0.5, 0.6) is 0 Å². The second-order valence-corrected chi connectivity index (χ2v) is 2.91. The van der Waals surface area contributed by atoms with Crippen molar-refractivity contribution in [1.29, 1.82) is 0 Å². The molecule has 1 heterocycles. The van der Waals surface area contributed by atoms with Crippen molar-refractivity contribution in [3.8, 4) is 0 Å². The van der Waals surface area contributed by atoms with Crippen molar-refractivity contribution in [2.45, 2.75) is 25.4 Å². The molecule has 1 aliphatic heterocycles. The Morgan fingerprint density at radius 3 is 3.00 bits per heavy atom. The minimum Gasteiger partial charge on any atom is -0.378 e. The Morgan fingerprint density at radius 2 is 2.50 bits per heavy atom. The van der Waals surface area contributed by atoms with Gasteiger partial charge in [-0.25, -0.2) is 0 Å². The molecule has 0 aromatic rings. The summed E-state index contributed by atoms with van der Waals surface area (Å²) in [4.78, 5) is 0. The van der Waals surface area contributed by atoms with Crippen molar-refractivity contribution in [2.75, 3.05) is 11.9 Å². The first-order valence-corrected chi connectivity index (χ1v) is 4.23. The summed E-state index contributed by atoms with van der Waals surface area (Å²) in [6.45, 7) is 0.984. The smallest absolute Gasteiger partial charge is 0.0584 e. The van der Waals surface area contributed by atoms with Crippen LogP contribution < -0.4 is 0 Å². The van der Waals surface area contributed by atoms with Gasteiger partial charge in [0.1, 0.15) is 0 Å². The molecule has 1 fully saturated rings. The predicted octanol–water partition coefficient (Wildman–Crippen LogP) is 1.95. The molecule has 0 spiro atoms. The third kappa shape index (κ3) is 1.75. The van der Waals surface area contributed by atoms with Crippen molar-refractivity contribution in [3.05, 3.63) is 0 Å². The van der Waals surface area contributed by atoms with Crippen molar-refractivity contribution in [1.82, 2.24) is 0 Å². The Hall–Kier alpha value is 0.440. The Bertz CT molecular complexity index is 59.5. The lowest BCUT2D eigenvalue weighted by atomic mass is 10.2. The van der Waals surface area contributed by atoms with Crippen molar-refractivity contribution < 1.29 is 4.74 Å². The molecule has 1 nitrogen and oxygen atoms in total. The monoisotopic (exact) mass is 178 g/mol. The van der Waals surface area contributed by atoms with Gasteiger partial charge in [-0.1, -0.05) is 15.9 Å². The Balaban J connectivity index is 2.06. The molecule has 0 aromatic carbocycles. The molecule has 1 atom stereocenters. The summed E-state index contributed by atoms with van der Waals surface area (Å²) in [5, 5.41) is 1.08. The van der Waals surface area contributed by atoms with Crippen molar-refractivity contribution in [3.63, 3.8) is 0 Å². The number of halogens is 1. The van der Waals surface area contributed by atoms with E-state index in [-0.39, 0.29) is 0 Å². The summed E-state index contributed by atoms with van der Waals surface area (Å²) in [5.41, 5.74) is 0. The van der Waals surface area contributed by atoms with Crippen LogP contribution in [0.1, 0.15) is 19.3 Å². The number of rotatable bonds is 2. The van der Waals surface area contributed by atoms with Crippen LogP contribution >= 0.6 is 15.9 Å². The van der Waals surface area contributed by atoms with Gasteiger partial charge in [-0.05, 0) is 19.3 Å². The maximum atomic E-state index is 5.36. The van der Waals surface area contributed by atoms with Crippen molar-refractivity contribution in [2.24, 2.45) is 0 Å². The number of hydrogen-bond donors (Lipinski definition) is 0. The molecule has 0 radical (unpaired) electrons. The molecule has 0 aromatic heterocycles. The normalized spacial score (nSPS) is 28.9. The third-order valence-electron chi connectivity index (χ3n) is 1.46. The van der Waals surface area contributed by atoms with Gasteiger partial charge in [0.05, 0.1) is 6.10 Å². The van der Waals surface area contributed by atoms with Gasteiger partial charge in [-0.3, -0.25) is 0 Å². The van der Waals surface area contributed by atoms with Gasteiger partial charge in [0.2, 0.25) is 0 Å². The summed E-state index contributed by atoms with van der Waals surface area (Å²) < 4.78 is 5.36. The van der Waals surface area contributed by atoms with Crippen LogP contribution in [0, 0.1) is 0 Å². The van der Waals surface area contributed by atoms with Crippen LogP contribution in [-0.4, -0.2) is 18.0 Å². The molecule has 2 heteroatoms. The van der Waals surface area contributed by atoms with E-state index in [9.17, 15) is 0 Å². The van der Waals surface area contributed by atoms with E-state index in [1.54, 1.807) is 0 Å². The highest BCUT2D eigenvalue weighted by molar-refractivity contribution is 9.09. The first kappa shape index (κ1) is 6.56. The van der Waals surface area contributed by atoms with Crippen molar-refractivity contribution >= 4 is 15.9 Å². The Morgan fingerprint density at radius 1 is 1.62 bits per heavy atom. The van der Waals surface area contributed by atoms with Gasteiger partial charge in [0.25, 0.3) is 0 Å². The van der Waals surface area contributed by atoms with E-state index in [0.29, 0.717) is 6.10 Å². The lowest BCUT2D eigenvalue weighted by molar-refractivity contribution is 0.109. The second-order valence-electron chi connectivity index (χ2n) is 2.11. The van der Waals surface area contributed by atoms with Gasteiger partial charge < -0.3 is 4.74 Å². The third-order valence-corrected chi connectivity index (χ3v) is 1.91. The molecular formula is C6H11BrO. The summed E-state index contributed by atoms with van der Waals surface area (Å²) in [7, 11) is 0. The molecule has 0 aliphatic carbocycles. The fourth-order valence-corrected chi connectivity index (χ4v) is 1.50. The molecule has 0 amide bonds. The quantitative estimate of drug-likeness (QED) is 0.588. The van der Waals surface area contributed by atoms with Gasteiger partial charge in [0, 0.05) is 11.9 Å². The average molecular weight is 179 g/mol. The fraction of sp³-hybridized carbons (Fsp3) is 1.00. The van der Waals surface area contributed by atoms with E-state index in [0.717, 1.165) is 11.9 Å². The molecule has 1 aliphatic rings. The second kappa shape index (κ2) is 3.46. The molecular weight excluding hydrogens is 168 g/mol. The Labute approximate surface area is 58.5 Å². The lowest BCUT2D eigenvalue weighted by Crippen LogP contribution is -2.04. The zero-order chi connectivity index (χ0) is 5.82. The van der Waals surface area contributed by atoms with Crippen LogP contribution in [0.15, 0.2) is 0 Å². The molecule has 0 saturated carbocycles. The first-order chi connectivity index (χ1) is 3.93. The highest BCUT2D eigenvalue weighted by atomic mass is 79.9. The van der Waals surface area contributed by atoms with E-state index < -0.39 is 0 Å². The zero-order valence-electron chi connectivity index (χ0n) is 4.90. The Kier molecular flexibility index (Phi) is 2.84. The minimum absolute atomic E-state index is 0.564. The molecule has 48 valence electrons. The topological polar surface area (TPSA) is 9.23 Å². The summed E-state index contributed by atoms with van der Waals surface area (Å²) in [5.74, 6) is 0. The van der Waals surface area contributed by atoms with Gasteiger partial charge in [-0.15, -0.1) is 0 Å². The van der Waals surface area contributed by atoms with Gasteiger partial charge >= 0.3 is 0 Å². The summed E-state index contributed by atoms with van der Waals surface area (Å²) in [6.07, 6.45) is 4.28. The minimum atomic E-state index is 0.564. The van der Waals surface area contributed by atoms with E-state index in [1.165, 1.54) is 19.3 Å². The fourth-order valence-electron chi connectivity index (χ4n) is 0.994. The van der Waals surface area contributed by atoms with Crippen LogP contribution in [0.3, 0.4) is 0 Å². The number of ether oxygens (including phenoxy) is 1. The predicted molar refractivity (Wildman–Crippen MR) is 37.4 cm³/mol. The first-order valence-electron chi connectivity index (χ1n) is 3.11. The van der Waals surface area contributed by atoms with Gasteiger partial charge in [-0.2, -0.15) is 0 Å². The molecule has 1 rings (SSSR count). The standard InChI is InChI=1S/C6H11BrO/c7-4-3-6-2-1-5-8-6/h6H,1-5H2/t6-/m1/s1. The number of alkyl halides is 1. The molecule has 1 saturated heterocycles. The van der Waals surface area contributed by atoms with Crippen LogP contribution in [0.2, 0.25) is 0 Å². The average Bonchev–Trinajstić information content (AvgIpc) is 2.19. The SMILES string of the molecule is BrCC[C@H]1CCCO1. The molecule has 0 N–H and O–H groups in total. The van der Waals surface area contributed by atoms with E-state index in [1.807, 2.05) is 0 Å². The van der Waals surface area contributed by atoms with E-state index in [2.05, 4.69) is 15.9 Å². The van der Waals surface area contributed by atoms with Gasteiger partial charge in [0.15, 0.2) is 0 Å². The van der Waals surface area contributed by atoms with Crippen LogP contribution in [0.25, 0.3) is 0 Å². The highest BCUT2D eigenvalue weighted by Gasteiger charge is 2.13. The molecule has 0 unspecified atom stereocenters.